The van der Waals surface area contributed by atoms with Gasteiger partial charge in [0.1, 0.15) is 11.8 Å². The Balaban J connectivity index is 1.67. The van der Waals surface area contributed by atoms with E-state index in [4.69, 9.17) is 21.7 Å². The molecule has 1 aliphatic carbocycles. The van der Waals surface area contributed by atoms with Crippen molar-refractivity contribution in [2.24, 2.45) is 5.41 Å². The fourth-order valence-electron chi connectivity index (χ4n) is 4.30. The minimum Gasteiger partial charge on any atom is -0.508 e. The summed E-state index contributed by atoms with van der Waals surface area (Å²) in [6, 6.07) is 13.9. The van der Waals surface area contributed by atoms with Crippen LogP contribution >= 0.6 is 11.6 Å². The summed E-state index contributed by atoms with van der Waals surface area (Å²) in [4.78, 5) is 17.9. The number of fused-ring (bicyclic) bond motifs is 1. The number of nitrogens with one attached hydrogen (secondary N) is 1. The van der Waals surface area contributed by atoms with Crippen molar-refractivity contribution in [1.29, 1.82) is 0 Å². The first-order chi connectivity index (χ1) is 14.3. The molecular weight excluding hydrogens is 400 g/mol. The molecule has 6 nitrogen and oxygen atoms in total. The summed E-state index contributed by atoms with van der Waals surface area (Å²) in [5.74, 6) is 1.44. The molecule has 1 aromatic heterocycles. The number of carbonyl (C=O) groups excluding carboxylic acids is 1. The standard InChI is InChI=1S/C23H21ClN4O2/c1-23(2)11-17-19(18(30)12-23)20(13-3-7-15(24)8-4-13)28-22(25-17)26-21(27-28)14-5-9-16(29)10-6-14/h3-10,20,29H,11-12H2,1-2H3,(H,25,26,27). The fraction of sp³-hybridized carbons (Fsp3) is 0.261. The lowest BCUT2D eigenvalue weighted by Crippen LogP contribution is -2.36. The number of anilines is 1. The number of aromatic hydroxyl groups is 1. The minimum absolute atomic E-state index is 0.116. The van der Waals surface area contributed by atoms with Crippen LogP contribution in [0.3, 0.4) is 0 Å². The van der Waals surface area contributed by atoms with Crippen LogP contribution in [0.15, 0.2) is 59.8 Å². The van der Waals surface area contributed by atoms with E-state index < -0.39 is 0 Å². The number of phenols is 1. The minimum atomic E-state index is -0.365. The van der Waals surface area contributed by atoms with Crippen molar-refractivity contribution in [2.45, 2.75) is 32.7 Å². The Kier molecular flexibility index (Phi) is 4.22. The summed E-state index contributed by atoms with van der Waals surface area (Å²) in [6.45, 7) is 4.21. The maximum Gasteiger partial charge on any atom is 0.226 e. The summed E-state index contributed by atoms with van der Waals surface area (Å²) in [5.41, 5.74) is 3.26. The molecule has 0 saturated heterocycles. The Labute approximate surface area is 179 Å². The highest BCUT2D eigenvalue weighted by Gasteiger charge is 2.41. The van der Waals surface area contributed by atoms with Gasteiger partial charge in [-0.05, 0) is 53.8 Å². The largest absolute Gasteiger partial charge is 0.508 e. The quantitative estimate of drug-likeness (QED) is 0.612. The number of nitrogens with zero attached hydrogens (tertiary/aromatic N) is 3. The molecule has 1 atom stereocenters. The molecule has 0 fully saturated rings. The van der Waals surface area contributed by atoms with Gasteiger partial charge >= 0.3 is 0 Å². The molecule has 2 aromatic carbocycles. The van der Waals surface area contributed by atoms with Gasteiger partial charge in [-0.15, -0.1) is 5.10 Å². The van der Waals surface area contributed by atoms with Gasteiger partial charge in [0.05, 0.1) is 0 Å². The van der Waals surface area contributed by atoms with Gasteiger partial charge < -0.3 is 10.4 Å². The number of carbonyl (C=O) groups is 1. The van der Waals surface area contributed by atoms with Crippen molar-refractivity contribution < 1.29 is 9.90 Å². The molecule has 0 bridgehead atoms. The van der Waals surface area contributed by atoms with E-state index in [-0.39, 0.29) is 23.0 Å². The molecule has 152 valence electrons. The number of ketones is 1. The Morgan fingerprint density at radius 3 is 2.50 bits per heavy atom. The van der Waals surface area contributed by atoms with Crippen LogP contribution in [0.5, 0.6) is 5.75 Å². The number of hydrogen-bond acceptors (Lipinski definition) is 5. The Bertz CT molecular complexity index is 1180. The molecule has 0 saturated carbocycles. The van der Waals surface area contributed by atoms with E-state index in [9.17, 15) is 9.90 Å². The summed E-state index contributed by atoms with van der Waals surface area (Å²) < 4.78 is 1.78. The molecule has 1 aliphatic heterocycles. The van der Waals surface area contributed by atoms with Crippen LogP contribution in [0.2, 0.25) is 5.02 Å². The van der Waals surface area contributed by atoms with E-state index in [1.165, 1.54) is 0 Å². The van der Waals surface area contributed by atoms with Gasteiger partial charge in [-0.25, -0.2) is 4.68 Å². The van der Waals surface area contributed by atoms with Crippen LogP contribution in [0.4, 0.5) is 5.95 Å². The Morgan fingerprint density at radius 1 is 1.10 bits per heavy atom. The zero-order valence-electron chi connectivity index (χ0n) is 16.7. The highest BCUT2D eigenvalue weighted by molar-refractivity contribution is 6.30. The highest BCUT2D eigenvalue weighted by atomic mass is 35.5. The highest BCUT2D eigenvalue weighted by Crippen LogP contribution is 2.45. The van der Waals surface area contributed by atoms with Crippen LogP contribution in [0.1, 0.15) is 38.3 Å². The zero-order chi connectivity index (χ0) is 21.0. The summed E-state index contributed by atoms with van der Waals surface area (Å²) in [6.07, 6.45) is 1.26. The number of allylic oxidation sites excluding steroid dienone is 2. The Hall–Kier alpha value is -3.12. The maximum absolute atomic E-state index is 13.2. The monoisotopic (exact) mass is 420 g/mol. The number of aromatic nitrogens is 3. The molecule has 5 rings (SSSR count). The molecule has 2 N–H and O–H groups in total. The lowest BCUT2D eigenvalue weighted by atomic mass is 9.73. The third kappa shape index (κ3) is 3.17. The van der Waals surface area contributed by atoms with E-state index >= 15 is 0 Å². The van der Waals surface area contributed by atoms with E-state index in [2.05, 4.69) is 19.2 Å². The third-order valence-corrected chi connectivity index (χ3v) is 5.90. The van der Waals surface area contributed by atoms with Crippen molar-refractivity contribution in [3.05, 3.63) is 70.4 Å². The normalized spacial score (nSPS) is 19.8. The molecule has 2 heterocycles. The average Bonchev–Trinajstić information content (AvgIpc) is 3.10. The van der Waals surface area contributed by atoms with Gasteiger partial charge in [-0.1, -0.05) is 37.6 Å². The number of halogens is 1. The van der Waals surface area contributed by atoms with Gasteiger partial charge in [-0.3, -0.25) is 4.79 Å². The number of hydrogen-bond donors (Lipinski definition) is 2. The van der Waals surface area contributed by atoms with Crippen LogP contribution in [-0.2, 0) is 4.79 Å². The maximum atomic E-state index is 13.2. The smallest absolute Gasteiger partial charge is 0.226 e. The van der Waals surface area contributed by atoms with E-state index in [1.54, 1.807) is 28.9 Å². The van der Waals surface area contributed by atoms with Crippen molar-refractivity contribution in [2.75, 3.05) is 5.32 Å². The van der Waals surface area contributed by atoms with Crippen molar-refractivity contribution in [1.82, 2.24) is 14.8 Å². The molecule has 3 aromatic rings. The van der Waals surface area contributed by atoms with E-state index in [1.807, 2.05) is 24.3 Å². The predicted molar refractivity (Wildman–Crippen MR) is 115 cm³/mol. The topological polar surface area (TPSA) is 80.0 Å². The van der Waals surface area contributed by atoms with E-state index in [0.29, 0.717) is 23.2 Å². The zero-order valence-corrected chi connectivity index (χ0v) is 17.4. The summed E-state index contributed by atoms with van der Waals surface area (Å²) in [5, 5.41) is 18.3. The van der Waals surface area contributed by atoms with Gasteiger partial charge in [0.2, 0.25) is 5.95 Å². The number of benzene rings is 2. The Morgan fingerprint density at radius 2 is 1.80 bits per heavy atom. The summed E-state index contributed by atoms with van der Waals surface area (Å²) >= 11 is 6.10. The fourth-order valence-corrected chi connectivity index (χ4v) is 4.42. The first-order valence-corrected chi connectivity index (χ1v) is 10.2. The second kappa shape index (κ2) is 6.71. The van der Waals surface area contributed by atoms with Crippen LogP contribution in [0, 0.1) is 5.41 Å². The van der Waals surface area contributed by atoms with Crippen molar-refractivity contribution >= 4 is 23.3 Å². The number of rotatable bonds is 2. The second-order valence-corrected chi connectivity index (χ2v) is 9.10. The molecular formula is C23H21ClN4O2. The van der Waals surface area contributed by atoms with Crippen molar-refractivity contribution in [3.8, 4) is 17.1 Å². The molecule has 1 unspecified atom stereocenters. The molecule has 30 heavy (non-hydrogen) atoms. The van der Waals surface area contributed by atoms with Crippen molar-refractivity contribution in [3.63, 3.8) is 0 Å². The number of Topliss-reactive ketones (excluding diaryl/α,β-unsaturated/α-hetero) is 1. The third-order valence-electron chi connectivity index (χ3n) is 5.64. The van der Waals surface area contributed by atoms with Gasteiger partial charge in [-0.2, -0.15) is 4.98 Å². The van der Waals surface area contributed by atoms with Gasteiger partial charge in [0, 0.05) is 28.3 Å². The molecule has 0 spiro atoms. The number of phenolic OH excluding ortho intramolecular Hbond substituents is 1. The first-order valence-electron chi connectivity index (χ1n) is 9.85. The predicted octanol–water partition coefficient (Wildman–Crippen LogP) is 4.96. The van der Waals surface area contributed by atoms with E-state index in [0.717, 1.165) is 28.8 Å². The summed E-state index contributed by atoms with van der Waals surface area (Å²) in [7, 11) is 0. The SMILES string of the molecule is CC1(C)CC(=O)C2=C(C1)Nc1nc(-c3ccc(O)cc3)nn1C2c1ccc(Cl)cc1. The lowest BCUT2D eigenvalue weighted by molar-refractivity contribution is -0.118. The van der Waals surface area contributed by atoms with Crippen LogP contribution < -0.4 is 5.32 Å². The molecule has 2 aliphatic rings. The molecule has 7 heteroatoms. The first kappa shape index (κ1) is 18.9. The van der Waals surface area contributed by atoms with Gasteiger partial charge in [0.15, 0.2) is 11.6 Å². The van der Waals surface area contributed by atoms with Crippen LogP contribution in [-0.4, -0.2) is 25.7 Å². The average molecular weight is 421 g/mol. The second-order valence-electron chi connectivity index (χ2n) is 8.66. The molecule has 0 amide bonds. The lowest BCUT2D eigenvalue weighted by Gasteiger charge is -2.38. The van der Waals surface area contributed by atoms with Gasteiger partial charge in [0.25, 0.3) is 0 Å². The molecule has 0 radical (unpaired) electrons. The van der Waals surface area contributed by atoms with Crippen LogP contribution in [0.25, 0.3) is 11.4 Å².